The Hall–Kier alpha value is -2.34. The number of nitrogen functional groups attached to an aromatic ring is 1. The number of benzene rings is 1. The summed E-state index contributed by atoms with van der Waals surface area (Å²) in [7, 11) is 0. The van der Waals surface area contributed by atoms with Crippen molar-refractivity contribution in [3.63, 3.8) is 0 Å². The number of carbonyl (C=O) groups is 1. The number of anilines is 1. The maximum absolute atomic E-state index is 13.1. The maximum atomic E-state index is 13.1. The highest BCUT2D eigenvalue weighted by atomic mass is 35.5. The van der Waals surface area contributed by atoms with Gasteiger partial charge in [0.1, 0.15) is 11.3 Å². The van der Waals surface area contributed by atoms with E-state index >= 15 is 0 Å². The van der Waals surface area contributed by atoms with Gasteiger partial charge < -0.3 is 16.0 Å². The summed E-state index contributed by atoms with van der Waals surface area (Å²) in [5, 5.41) is 8.20. The topological polar surface area (TPSA) is 97.9 Å². The number of halogens is 2. The highest BCUT2D eigenvalue weighted by Gasteiger charge is 2.09. The second kappa shape index (κ2) is 5.34. The first-order valence-electron chi connectivity index (χ1n) is 5.67. The van der Waals surface area contributed by atoms with Gasteiger partial charge in [-0.15, -0.1) is 0 Å². The summed E-state index contributed by atoms with van der Waals surface area (Å²) < 4.78 is 14.5. The molecule has 0 radical (unpaired) electrons. The van der Waals surface area contributed by atoms with Crippen molar-refractivity contribution in [1.82, 2.24) is 4.57 Å². The van der Waals surface area contributed by atoms with Gasteiger partial charge in [-0.25, -0.2) is 4.39 Å². The smallest absolute Gasteiger partial charge is 0.252 e. The van der Waals surface area contributed by atoms with Crippen LogP contribution in [0.4, 0.5) is 10.1 Å². The fourth-order valence-corrected chi connectivity index (χ4v) is 2.04. The van der Waals surface area contributed by atoms with Crippen LogP contribution < -0.4 is 17.0 Å². The van der Waals surface area contributed by atoms with Crippen LogP contribution in [0.2, 0.25) is 5.02 Å². The molecule has 0 aliphatic rings. The first kappa shape index (κ1) is 14.1. The minimum absolute atomic E-state index is 0.0202. The number of nitrogens with one attached hydrogen (secondary N) is 1. The maximum Gasteiger partial charge on any atom is 0.252 e. The number of primary amides is 1. The van der Waals surface area contributed by atoms with Crippen LogP contribution in [0.15, 0.2) is 30.5 Å². The highest BCUT2D eigenvalue weighted by Crippen LogP contribution is 2.14. The lowest BCUT2D eigenvalue weighted by Crippen LogP contribution is -2.29. The second-order valence-electron chi connectivity index (χ2n) is 4.27. The monoisotopic (exact) mass is 294 g/mol. The van der Waals surface area contributed by atoms with E-state index in [9.17, 15) is 9.18 Å². The Balaban J connectivity index is 2.45. The predicted octanol–water partition coefficient (Wildman–Crippen LogP) is 1.49. The van der Waals surface area contributed by atoms with Crippen molar-refractivity contribution >= 4 is 23.2 Å². The molecule has 0 aliphatic heterocycles. The minimum Gasteiger partial charge on any atom is -0.396 e. The molecule has 0 spiro atoms. The lowest BCUT2D eigenvalue weighted by Gasteiger charge is -2.10. The van der Waals surface area contributed by atoms with Crippen molar-refractivity contribution < 1.29 is 9.18 Å². The molecule has 0 bridgehead atoms. The Kier molecular flexibility index (Phi) is 3.76. The molecule has 1 aromatic carbocycles. The van der Waals surface area contributed by atoms with Gasteiger partial charge in [-0.2, -0.15) is 0 Å². The Morgan fingerprint density at radius 1 is 1.40 bits per heavy atom. The molecule has 7 heteroatoms. The van der Waals surface area contributed by atoms with Gasteiger partial charge in [0.2, 0.25) is 0 Å². The van der Waals surface area contributed by atoms with Crippen LogP contribution in [0.1, 0.15) is 15.9 Å². The summed E-state index contributed by atoms with van der Waals surface area (Å²) >= 11 is 5.89. The first-order valence-corrected chi connectivity index (χ1v) is 6.04. The van der Waals surface area contributed by atoms with Gasteiger partial charge in [0.15, 0.2) is 0 Å². The van der Waals surface area contributed by atoms with E-state index in [-0.39, 0.29) is 28.3 Å². The van der Waals surface area contributed by atoms with Crippen LogP contribution in [-0.4, -0.2) is 10.5 Å². The van der Waals surface area contributed by atoms with Gasteiger partial charge in [0.05, 0.1) is 16.3 Å². The number of amides is 1. The summed E-state index contributed by atoms with van der Waals surface area (Å²) in [6.45, 7) is 0.226. The number of pyridine rings is 1. The molecule has 1 amide bonds. The Morgan fingerprint density at radius 3 is 2.70 bits per heavy atom. The number of hydrogen-bond donors (Lipinski definition) is 3. The molecule has 0 aliphatic carbocycles. The largest absolute Gasteiger partial charge is 0.396 e. The SMILES string of the molecule is N=c1c(C(N)=O)cc(Cl)cn1Cc1ccc(F)c(N)c1. The number of carbonyl (C=O) groups excluding carboxylic acids is 1. The third-order valence-corrected chi connectivity index (χ3v) is 2.99. The predicted molar refractivity (Wildman–Crippen MR) is 73.7 cm³/mol. The number of nitrogens with zero attached hydrogens (tertiary/aromatic N) is 1. The van der Waals surface area contributed by atoms with E-state index in [1.807, 2.05) is 0 Å². The molecule has 1 heterocycles. The summed E-state index contributed by atoms with van der Waals surface area (Å²) in [4.78, 5) is 11.2. The Bertz CT molecular complexity index is 742. The summed E-state index contributed by atoms with van der Waals surface area (Å²) in [5.74, 6) is -1.24. The van der Waals surface area contributed by atoms with Gasteiger partial charge in [-0.3, -0.25) is 10.2 Å². The standard InChI is InChI=1S/C13H12ClFN4O/c14-8-4-9(13(18)20)12(17)19(6-8)5-7-1-2-10(15)11(16)3-7/h1-4,6,17H,5,16H2,(H2,18,20). The van der Waals surface area contributed by atoms with Crippen LogP contribution in [0, 0.1) is 11.2 Å². The van der Waals surface area contributed by atoms with E-state index in [0.29, 0.717) is 5.56 Å². The molecular formula is C13H12ClFN4O. The number of nitrogens with two attached hydrogens (primary N) is 2. The highest BCUT2D eigenvalue weighted by molar-refractivity contribution is 6.30. The van der Waals surface area contributed by atoms with Gasteiger partial charge in [0.25, 0.3) is 5.91 Å². The van der Waals surface area contributed by atoms with E-state index in [1.165, 1.54) is 29.0 Å². The van der Waals surface area contributed by atoms with Crippen LogP contribution in [0.25, 0.3) is 0 Å². The molecule has 0 unspecified atom stereocenters. The lowest BCUT2D eigenvalue weighted by molar-refractivity contribution is 0.0998. The van der Waals surface area contributed by atoms with Crippen molar-refractivity contribution in [2.24, 2.45) is 5.73 Å². The van der Waals surface area contributed by atoms with Gasteiger partial charge in [-0.05, 0) is 23.8 Å². The lowest BCUT2D eigenvalue weighted by atomic mass is 10.2. The second-order valence-corrected chi connectivity index (χ2v) is 4.71. The van der Waals surface area contributed by atoms with Crippen molar-refractivity contribution in [3.8, 4) is 0 Å². The van der Waals surface area contributed by atoms with Crippen LogP contribution in [-0.2, 0) is 6.54 Å². The van der Waals surface area contributed by atoms with Crippen molar-refractivity contribution in [2.75, 3.05) is 5.73 Å². The number of rotatable bonds is 3. The third-order valence-electron chi connectivity index (χ3n) is 2.78. The molecule has 0 fully saturated rings. The zero-order valence-corrected chi connectivity index (χ0v) is 11.1. The van der Waals surface area contributed by atoms with Crippen LogP contribution in [0.5, 0.6) is 0 Å². The Labute approximate surface area is 119 Å². The average Bonchev–Trinajstić information content (AvgIpc) is 2.37. The molecule has 20 heavy (non-hydrogen) atoms. The first-order chi connectivity index (χ1) is 9.38. The molecule has 2 rings (SSSR count). The molecule has 5 nitrogen and oxygen atoms in total. The van der Waals surface area contributed by atoms with E-state index in [4.69, 9.17) is 28.5 Å². The van der Waals surface area contributed by atoms with Crippen molar-refractivity contribution in [1.29, 1.82) is 5.41 Å². The summed E-state index contributed by atoms with van der Waals surface area (Å²) in [6, 6.07) is 5.59. The third kappa shape index (κ3) is 2.80. The minimum atomic E-state index is -0.732. The number of hydrogen-bond acceptors (Lipinski definition) is 3. The van der Waals surface area contributed by atoms with Crippen LogP contribution >= 0.6 is 11.6 Å². The van der Waals surface area contributed by atoms with E-state index in [1.54, 1.807) is 6.07 Å². The Morgan fingerprint density at radius 2 is 2.10 bits per heavy atom. The van der Waals surface area contributed by atoms with E-state index in [0.717, 1.165) is 0 Å². The van der Waals surface area contributed by atoms with Crippen molar-refractivity contribution in [2.45, 2.75) is 6.54 Å². The average molecular weight is 295 g/mol. The fourth-order valence-electron chi connectivity index (χ4n) is 1.81. The molecule has 2 aromatic rings. The molecular weight excluding hydrogens is 283 g/mol. The summed E-state index contributed by atoms with van der Waals surface area (Å²) in [5.41, 5.74) is 11.3. The molecule has 5 N–H and O–H groups in total. The van der Waals surface area contributed by atoms with Gasteiger partial charge >= 0.3 is 0 Å². The molecule has 0 atom stereocenters. The van der Waals surface area contributed by atoms with Gasteiger partial charge in [-0.1, -0.05) is 17.7 Å². The fraction of sp³-hybridized carbons (Fsp3) is 0.0769. The molecule has 104 valence electrons. The zero-order chi connectivity index (χ0) is 14.9. The van der Waals surface area contributed by atoms with Crippen molar-refractivity contribution in [3.05, 3.63) is 57.9 Å². The molecule has 0 saturated heterocycles. The quantitative estimate of drug-likeness (QED) is 0.747. The summed E-state index contributed by atoms with van der Waals surface area (Å²) in [6.07, 6.45) is 1.50. The van der Waals surface area contributed by atoms with Gasteiger partial charge in [0, 0.05) is 12.7 Å². The molecule has 0 saturated carbocycles. The van der Waals surface area contributed by atoms with E-state index < -0.39 is 11.7 Å². The van der Waals surface area contributed by atoms with Crippen LogP contribution in [0.3, 0.4) is 0 Å². The normalized spacial score (nSPS) is 10.5. The molecule has 1 aromatic heterocycles. The zero-order valence-electron chi connectivity index (χ0n) is 10.4. The van der Waals surface area contributed by atoms with E-state index in [2.05, 4.69) is 0 Å². The number of aromatic nitrogens is 1.